The molecule has 2 rings (SSSR count). The highest BCUT2D eigenvalue weighted by molar-refractivity contribution is 7.92. The van der Waals surface area contributed by atoms with Gasteiger partial charge in [-0.25, -0.2) is 13.2 Å². The molecule has 2 aliphatic rings. The van der Waals surface area contributed by atoms with Gasteiger partial charge in [-0.15, -0.1) is 6.58 Å². The lowest BCUT2D eigenvalue weighted by Crippen LogP contribution is -2.59. The predicted molar refractivity (Wildman–Crippen MR) is 85.3 cm³/mol. The van der Waals surface area contributed by atoms with Gasteiger partial charge >= 0.3 is 6.09 Å². The molecule has 22 heavy (non-hydrogen) atoms. The number of nitrogens with zero attached hydrogens (tertiary/aromatic N) is 2. The van der Waals surface area contributed by atoms with E-state index in [9.17, 15) is 13.2 Å². The first-order valence-corrected chi connectivity index (χ1v) is 9.42. The number of ether oxygens (including phenoxy) is 1. The number of sulfone groups is 1. The number of piperazine rings is 1. The number of rotatable bonds is 4. The van der Waals surface area contributed by atoms with Crippen LogP contribution in [-0.2, 0) is 14.6 Å². The summed E-state index contributed by atoms with van der Waals surface area (Å²) in [4.78, 5) is 15.9. The zero-order valence-corrected chi connectivity index (χ0v) is 14.4. The third kappa shape index (κ3) is 4.23. The minimum Gasteiger partial charge on any atom is -0.444 e. The molecule has 1 aliphatic heterocycles. The summed E-state index contributed by atoms with van der Waals surface area (Å²) in [5, 5.41) is -0.852. The molecule has 1 aliphatic carbocycles. The summed E-state index contributed by atoms with van der Waals surface area (Å²) < 4.78 is 30.4. The summed E-state index contributed by atoms with van der Waals surface area (Å²) in [5.41, 5.74) is -0.641. The molecular weight excluding hydrogens is 304 g/mol. The van der Waals surface area contributed by atoms with E-state index in [2.05, 4.69) is 11.5 Å². The molecule has 1 heterocycles. The number of carbonyl (C=O) groups excluding carboxylic acids is 1. The maximum Gasteiger partial charge on any atom is 0.411 e. The quantitative estimate of drug-likeness (QED) is 0.733. The second-order valence-corrected chi connectivity index (χ2v) is 9.18. The molecule has 0 aromatic carbocycles. The molecule has 0 bridgehead atoms. The van der Waals surface area contributed by atoms with Crippen molar-refractivity contribution in [3.8, 4) is 0 Å². The zero-order chi connectivity index (χ0) is 16.5. The topological polar surface area (TPSA) is 66.9 Å². The first kappa shape index (κ1) is 17.3. The van der Waals surface area contributed by atoms with Gasteiger partial charge in [-0.2, -0.15) is 0 Å². The van der Waals surface area contributed by atoms with E-state index >= 15 is 0 Å². The number of hydrogen-bond donors (Lipinski definition) is 0. The molecule has 0 spiro atoms. The van der Waals surface area contributed by atoms with Crippen LogP contribution in [0.5, 0.6) is 0 Å². The first-order chi connectivity index (χ1) is 10.1. The van der Waals surface area contributed by atoms with Crippen molar-refractivity contribution in [2.75, 3.05) is 25.4 Å². The van der Waals surface area contributed by atoms with E-state index in [1.54, 1.807) is 20.8 Å². The molecule has 1 unspecified atom stereocenters. The second kappa shape index (κ2) is 6.20. The Balaban J connectivity index is 2.18. The van der Waals surface area contributed by atoms with Crippen LogP contribution in [0.1, 0.15) is 33.6 Å². The average molecular weight is 330 g/mol. The van der Waals surface area contributed by atoms with Gasteiger partial charge in [0.25, 0.3) is 0 Å². The molecule has 0 aromatic rings. The Labute approximate surface area is 133 Å². The highest BCUT2D eigenvalue weighted by Gasteiger charge is 2.43. The number of carbonyl (C=O) groups is 1. The smallest absolute Gasteiger partial charge is 0.411 e. The SMILES string of the molecule is C=CCS(=O)(=O)C1CN(C2CC2)CCN1C(=O)OC(C)(C)C. The standard InChI is InChI=1S/C15H26N2O4S/c1-5-10-22(19,20)13-11-16(12-6-7-12)8-9-17(13)14(18)21-15(2,3)4/h5,12-13H,1,6-11H2,2-4H3. The van der Waals surface area contributed by atoms with Crippen molar-refractivity contribution < 1.29 is 17.9 Å². The van der Waals surface area contributed by atoms with Crippen LogP contribution in [-0.4, -0.2) is 66.7 Å². The van der Waals surface area contributed by atoms with Crippen LogP contribution >= 0.6 is 0 Å². The fraction of sp³-hybridized carbons (Fsp3) is 0.800. The Kier molecular flexibility index (Phi) is 4.87. The monoisotopic (exact) mass is 330 g/mol. The Bertz CT molecular complexity index is 534. The largest absolute Gasteiger partial charge is 0.444 e. The summed E-state index contributed by atoms with van der Waals surface area (Å²) in [7, 11) is -3.46. The van der Waals surface area contributed by atoms with Crippen LogP contribution in [0.2, 0.25) is 0 Å². The lowest BCUT2D eigenvalue weighted by molar-refractivity contribution is 0.00844. The van der Waals surface area contributed by atoms with E-state index in [4.69, 9.17) is 4.74 Å². The van der Waals surface area contributed by atoms with Crippen molar-refractivity contribution in [2.45, 2.75) is 50.6 Å². The van der Waals surface area contributed by atoms with E-state index in [-0.39, 0.29) is 5.75 Å². The maximum atomic E-state index is 12.5. The van der Waals surface area contributed by atoms with Gasteiger partial charge in [-0.05, 0) is 33.6 Å². The third-order valence-corrected chi connectivity index (χ3v) is 5.76. The van der Waals surface area contributed by atoms with Gasteiger partial charge in [0.1, 0.15) is 11.0 Å². The van der Waals surface area contributed by atoms with Gasteiger partial charge in [-0.1, -0.05) is 6.08 Å². The molecule has 126 valence electrons. The minimum absolute atomic E-state index is 0.129. The van der Waals surface area contributed by atoms with Gasteiger partial charge in [0.05, 0.1) is 5.75 Å². The van der Waals surface area contributed by atoms with Crippen LogP contribution in [0, 0.1) is 0 Å². The Hall–Kier alpha value is -1.08. The van der Waals surface area contributed by atoms with Crippen molar-refractivity contribution in [1.82, 2.24) is 9.80 Å². The molecule has 7 heteroatoms. The molecule has 0 radical (unpaired) electrons. The molecule has 1 atom stereocenters. The Morgan fingerprint density at radius 3 is 2.45 bits per heavy atom. The number of hydrogen-bond acceptors (Lipinski definition) is 5. The van der Waals surface area contributed by atoms with Gasteiger partial charge < -0.3 is 4.74 Å². The Morgan fingerprint density at radius 1 is 1.32 bits per heavy atom. The van der Waals surface area contributed by atoms with Crippen molar-refractivity contribution in [2.24, 2.45) is 0 Å². The third-order valence-electron chi connectivity index (χ3n) is 3.82. The maximum absolute atomic E-state index is 12.5. The van der Waals surface area contributed by atoms with E-state index in [0.29, 0.717) is 25.7 Å². The van der Waals surface area contributed by atoms with E-state index in [1.165, 1.54) is 11.0 Å². The molecule has 0 aromatic heterocycles. The van der Waals surface area contributed by atoms with Gasteiger partial charge in [-0.3, -0.25) is 9.80 Å². The molecule has 1 saturated carbocycles. The van der Waals surface area contributed by atoms with Crippen LogP contribution in [0.4, 0.5) is 4.79 Å². The van der Waals surface area contributed by atoms with E-state index < -0.39 is 26.9 Å². The fourth-order valence-electron chi connectivity index (χ4n) is 2.65. The van der Waals surface area contributed by atoms with Gasteiger partial charge in [0.15, 0.2) is 9.84 Å². The molecular formula is C15H26N2O4S. The number of amides is 1. The van der Waals surface area contributed by atoms with Crippen molar-refractivity contribution in [1.29, 1.82) is 0 Å². The Morgan fingerprint density at radius 2 is 1.95 bits per heavy atom. The summed E-state index contributed by atoms with van der Waals surface area (Å²) in [6.45, 7) is 10.3. The lowest BCUT2D eigenvalue weighted by Gasteiger charge is -2.41. The summed E-state index contributed by atoms with van der Waals surface area (Å²) in [6.07, 6.45) is 3.04. The van der Waals surface area contributed by atoms with Crippen LogP contribution in [0.15, 0.2) is 12.7 Å². The van der Waals surface area contributed by atoms with E-state index in [0.717, 1.165) is 12.8 Å². The van der Waals surface area contributed by atoms with Crippen molar-refractivity contribution >= 4 is 15.9 Å². The summed E-state index contributed by atoms with van der Waals surface area (Å²) in [5.74, 6) is -0.129. The molecule has 1 amide bonds. The first-order valence-electron chi connectivity index (χ1n) is 7.70. The minimum atomic E-state index is -3.46. The molecule has 2 fully saturated rings. The molecule has 1 saturated heterocycles. The van der Waals surface area contributed by atoms with Crippen molar-refractivity contribution in [3.05, 3.63) is 12.7 Å². The van der Waals surface area contributed by atoms with Gasteiger partial charge in [0, 0.05) is 25.7 Å². The van der Waals surface area contributed by atoms with Gasteiger partial charge in [0.2, 0.25) is 0 Å². The molecule has 6 nitrogen and oxygen atoms in total. The van der Waals surface area contributed by atoms with Crippen LogP contribution in [0.3, 0.4) is 0 Å². The fourth-order valence-corrected chi connectivity index (χ4v) is 4.20. The van der Waals surface area contributed by atoms with Crippen LogP contribution < -0.4 is 0 Å². The highest BCUT2D eigenvalue weighted by atomic mass is 32.2. The highest BCUT2D eigenvalue weighted by Crippen LogP contribution is 2.30. The zero-order valence-electron chi connectivity index (χ0n) is 13.6. The second-order valence-electron chi connectivity index (χ2n) is 6.97. The normalized spacial score (nSPS) is 24.1. The van der Waals surface area contributed by atoms with E-state index in [1.807, 2.05) is 0 Å². The van der Waals surface area contributed by atoms with Crippen molar-refractivity contribution in [3.63, 3.8) is 0 Å². The predicted octanol–water partition coefficient (Wildman–Crippen LogP) is 1.63. The summed E-state index contributed by atoms with van der Waals surface area (Å²) in [6, 6.07) is 0.474. The summed E-state index contributed by atoms with van der Waals surface area (Å²) >= 11 is 0. The van der Waals surface area contributed by atoms with Crippen LogP contribution in [0.25, 0.3) is 0 Å². The molecule has 0 N–H and O–H groups in total. The average Bonchev–Trinajstić information content (AvgIpc) is 3.20. The lowest BCUT2D eigenvalue weighted by atomic mass is 10.2.